The molecule has 0 unspecified atom stereocenters. The largest absolute Gasteiger partial charge is 0.340 e. The standard InChI is InChI=1S/C25H21F2N5O2S/c1-3-35(33,34)30-19-8-17(21-6-5-18(26)11-22(21)27)9-20(12-19)32-15-29-23-10-16(4-7-25(23)32)24-13-31(2)14-28-24/h4-15,30H,3H2,1-2H3. The first kappa shape index (κ1) is 22.7. The Kier molecular flexibility index (Phi) is 5.60. The fraction of sp³-hybridized carbons (Fsp3) is 0.120. The van der Waals surface area contributed by atoms with Crippen LogP contribution in [0, 0.1) is 11.6 Å². The smallest absolute Gasteiger partial charge is 0.232 e. The molecule has 0 fully saturated rings. The van der Waals surface area contributed by atoms with Gasteiger partial charge < -0.3 is 4.57 Å². The van der Waals surface area contributed by atoms with Crippen LogP contribution in [0.3, 0.4) is 0 Å². The number of imidazole rings is 2. The van der Waals surface area contributed by atoms with E-state index in [1.54, 1.807) is 29.4 Å². The van der Waals surface area contributed by atoms with Crippen molar-refractivity contribution in [1.29, 1.82) is 0 Å². The molecule has 2 heterocycles. The average Bonchev–Trinajstić information content (AvgIpc) is 3.44. The minimum atomic E-state index is -3.59. The zero-order valence-electron chi connectivity index (χ0n) is 18.9. The molecule has 7 nitrogen and oxygen atoms in total. The predicted molar refractivity (Wildman–Crippen MR) is 132 cm³/mol. The van der Waals surface area contributed by atoms with E-state index in [2.05, 4.69) is 14.7 Å². The Balaban J connectivity index is 1.65. The van der Waals surface area contributed by atoms with E-state index in [9.17, 15) is 17.2 Å². The normalized spacial score (nSPS) is 11.8. The molecule has 5 aromatic rings. The molecule has 0 atom stereocenters. The minimum absolute atomic E-state index is 0.123. The van der Waals surface area contributed by atoms with E-state index >= 15 is 0 Å². The number of anilines is 1. The van der Waals surface area contributed by atoms with Crippen LogP contribution < -0.4 is 4.72 Å². The Morgan fingerprint density at radius 2 is 1.77 bits per heavy atom. The number of nitrogens with zero attached hydrogens (tertiary/aromatic N) is 4. The van der Waals surface area contributed by atoms with Gasteiger partial charge in [0.15, 0.2) is 0 Å². The van der Waals surface area contributed by atoms with Gasteiger partial charge in [-0.1, -0.05) is 6.07 Å². The number of rotatable bonds is 6. The first-order valence-corrected chi connectivity index (χ1v) is 12.4. The lowest BCUT2D eigenvalue weighted by atomic mass is 10.0. The van der Waals surface area contributed by atoms with Crippen molar-refractivity contribution in [2.24, 2.45) is 7.05 Å². The Hall–Kier alpha value is -4.05. The summed E-state index contributed by atoms with van der Waals surface area (Å²) < 4.78 is 58.8. The summed E-state index contributed by atoms with van der Waals surface area (Å²) in [6, 6.07) is 13.9. The van der Waals surface area contributed by atoms with Gasteiger partial charge in [-0.15, -0.1) is 0 Å². The molecule has 5 rings (SSSR count). The molecule has 0 bridgehead atoms. The van der Waals surface area contributed by atoms with Crippen molar-refractivity contribution >= 4 is 26.7 Å². The van der Waals surface area contributed by atoms with Crippen LogP contribution in [-0.4, -0.2) is 33.3 Å². The number of fused-ring (bicyclic) bond motifs is 1. The highest BCUT2D eigenvalue weighted by atomic mass is 32.2. The highest BCUT2D eigenvalue weighted by Gasteiger charge is 2.15. The Morgan fingerprint density at radius 3 is 2.49 bits per heavy atom. The summed E-state index contributed by atoms with van der Waals surface area (Å²) in [5, 5.41) is 0. The van der Waals surface area contributed by atoms with E-state index in [0.717, 1.165) is 28.9 Å². The topological polar surface area (TPSA) is 81.8 Å². The number of aromatic nitrogens is 4. The lowest BCUT2D eigenvalue weighted by Crippen LogP contribution is -2.15. The molecule has 0 saturated carbocycles. The zero-order valence-corrected chi connectivity index (χ0v) is 19.7. The van der Waals surface area contributed by atoms with E-state index in [4.69, 9.17) is 0 Å². The van der Waals surface area contributed by atoms with Gasteiger partial charge >= 0.3 is 0 Å². The van der Waals surface area contributed by atoms with Crippen LogP contribution in [0.2, 0.25) is 0 Å². The van der Waals surface area contributed by atoms with Crippen molar-refractivity contribution in [3.05, 3.63) is 85.1 Å². The molecule has 10 heteroatoms. The van der Waals surface area contributed by atoms with Gasteiger partial charge in [-0.25, -0.2) is 27.2 Å². The number of halogens is 2. The van der Waals surface area contributed by atoms with Crippen LogP contribution in [0.5, 0.6) is 0 Å². The number of hydrogen-bond donors (Lipinski definition) is 1. The van der Waals surface area contributed by atoms with Crippen molar-refractivity contribution < 1.29 is 17.2 Å². The highest BCUT2D eigenvalue weighted by molar-refractivity contribution is 7.92. The molecule has 0 spiro atoms. The first-order chi connectivity index (χ1) is 16.7. The van der Waals surface area contributed by atoms with E-state index in [1.807, 2.05) is 36.0 Å². The predicted octanol–water partition coefficient (Wildman–Crippen LogP) is 5.13. The van der Waals surface area contributed by atoms with E-state index in [0.29, 0.717) is 16.8 Å². The third-order valence-electron chi connectivity index (χ3n) is 5.64. The summed E-state index contributed by atoms with van der Waals surface area (Å²) >= 11 is 0. The minimum Gasteiger partial charge on any atom is -0.340 e. The quantitative estimate of drug-likeness (QED) is 0.355. The summed E-state index contributed by atoms with van der Waals surface area (Å²) in [5.41, 5.74) is 4.56. The summed E-state index contributed by atoms with van der Waals surface area (Å²) in [5.74, 6) is -1.57. The second-order valence-corrected chi connectivity index (χ2v) is 10.2. The van der Waals surface area contributed by atoms with E-state index in [-0.39, 0.29) is 17.0 Å². The van der Waals surface area contributed by atoms with Crippen molar-refractivity contribution in [3.63, 3.8) is 0 Å². The second kappa shape index (κ2) is 8.62. The molecule has 178 valence electrons. The zero-order chi connectivity index (χ0) is 24.7. The third-order valence-corrected chi connectivity index (χ3v) is 6.95. The van der Waals surface area contributed by atoms with Gasteiger partial charge in [0, 0.05) is 36.1 Å². The molecule has 0 aliphatic heterocycles. The van der Waals surface area contributed by atoms with Gasteiger partial charge in [0.1, 0.15) is 18.0 Å². The maximum atomic E-state index is 14.6. The highest BCUT2D eigenvalue weighted by Crippen LogP contribution is 2.31. The van der Waals surface area contributed by atoms with Crippen LogP contribution in [0.1, 0.15) is 6.92 Å². The van der Waals surface area contributed by atoms with Crippen molar-refractivity contribution in [2.75, 3.05) is 10.5 Å². The SMILES string of the molecule is CCS(=O)(=O)Nc1cc(-c2ccc(F)cc2F)cc(-n2cnc3cc(-c4cn(C)cn4)ccc32)c1. The molecule has 0 saturated heterocycles. The van der Waals surface area contributed by atoms with Gasteiger partial charge in [0.25, 0.3) is 0 Å². The number of benzene rings is 3. The van der Waals surface area contributed by atoms with Crippen LogP contribution in [0.25, 0.3) is 39.1 Å². The summed E-state index contributed by atoms with van der Waals surface area (Å²) in [6.07, 6.45) is 5.24. The number of hydrogen-bond acceptors (Lipinski definition) is 4. The van der Waals surface area contributed by atoms with Crippen molar-refractivity contribution in [2.45, 2.75) is 6.92 Å². The maximum Gasteiger partial charge on any atom is 0.232 e. The van der Waals surface area contributed by atoms with E-state index in [1.165, 1.54) is 19.1 Å². The van der Waals surface area contributed by atoms with Crippen molar-refractivity contribution in [3.8, 4) is 28.1 Å². The lowest BCUT2D eigenvalue weighted by molar-refractivity contribution is 0.585. The lowest BCUT2D eigenvalue weighted by Gasteiger charge is -2.14. The number of sulfonamides is 1. The Labute approximate surface area is 200 Å². The molecule has 0 aliphatic carbocycles. The Bertz CT molecular complexity index is 1670. The fourth-order valence-electron chi connectivity index (χ4n) is 3.88. The van der Waals surface area contributed by atoms with Crippen molar-refractivity contribution in [1.82, 2.24) is 19.1 Å². The maximum absolute atomic E-state index is 14.6. The second-order valence-electron chi connectivity index (χ2n) is 8.14. The number of aryl methyl sites for hydroxylation is 1. The number of nitrogens with one attached hydrogen (secondary N) is 1. The molecule has 2 aromatic heterocycles. The molecule has 0 aliphatic rings. The van der Waals surface area contributed by atoms with Crippen LogP contribution in [0.4, 0.5) is 14.5 Å². The van der Waals surface area contributed by atoms with Gasteiger partial charge in [0.05, 0.1) is 34.5 Å². The molecule has 0 amide bonds. The Morgan fingerprint density at radius 1 is 0.943 bits per heavy atom. The molecule has 35 heavy (non-hydrogen) atoms. The summed E-state index contributed by atoms with van der Waals surface area (Å²) in [7, 11) is -1.69. The molecule has 3 aromatic carbocycles. The van der Waals surface area contributed by atoms with Gasteiger partial charge in [-0.05, 0) is 55.0 Å². The fourth-order valence-corrected chi connectivity index (χ4v) is 4.50. The molecule has 0 radical (unpaired) electrons. The third kappa shape index (κ3) is 4.52. The van der Waals surface area contributed by atoms with Crippen LogP contribution in [-0.2, 0) is 17.1 Å². The van der Waals surface area contributed by atoms with Crippen LogP contribution in [0.15, 0.2) is 73.4 Å². The van der Waals surface area contributed by atoms with Gasteiger partial charge in [-0.2, -0.15) is 0 Å². The monoisotopic (exact) mass is 493 g/mol. The van der Waals surface area contributed by atoms with Gasteiger partial charge in [-0.3, -0.25) is 9.29 Å². The van der Waals surface area contributed by atoms with E-state index < -0.39 is 21.7 Å². The molecular formula is C25H21F2N5O2S. The summed E-state index contributed by atoms with van der Waals surface area (Å²) in [4.78, 5) is 8.88. The average molecular weight is 494 g/mol. The van der Waals surface area contributed by atoms with Gasteiger partial charge in [0.2, 0.25) is 10.0 Å². The summed E-state index contributed by atoms with van der Waals surface area (Å²) in [6.45, 7) is 1.52. The first-order valence-electron chi connectivity index (χ1n) is 10.8. The molecule has 1 N–H and O–H groups in total. The van der Waals surface area contributed by atoms with Crippen LogP contribution >= 0.6 is 0 Å². The molecular weight excluding hydrogens is 472 g/mol.